The number of aryl methyl sites for hydroxylation is 2. The maximum Gasteiger partial charge on any atom is 0.0925 e. The third-order valence-corrected chi connectivity index (χ3v) is 1.45. The molecule has 58 valence electrons. The molecule has 1 aromatic heterocycles. The van der Waals surface area contributed by atoms with Gasteiger partial charge >= 0.3 is 0 Å². The van der Waals surface area contributed by atoms with E-state index in [0.29, 0.717) is 5.88 Å². The predicted molar refractivity (Wildman–Crippen MR) is 45.0 cm³/mol. The molecule has 0 bridgehead atoms. The zero-order valence-corrected chi connectivity index (χ0v) is 7.30. The number of nitrogens with zero attached hydrogens (tertiary/aromatic N) is 1. The molecule has 1 N–H and O–H groups in total. The van der Waals surface area contributed by atoms with Crippen LogP contribution in [0.1, 0.15) is 11.4 Å². The number of rotatable bonds is 2. The van der Waals surface area contributed by atoms with Crippen LogP contribution in [-0.2, 0) is 6.42 Å². The number of alkyl halides is 1. The zero-order chi connectivity index (χ0) is 6.69. The summed E-state index contributed by atoms with van der Waals surface area (Å²) in [6.45, 7) is 1.99. The van der Waals surface area contributed by atoms with Crippen molar-refractivity contribution < 1.29 is 0 Å². The van der Waals surface area contributed by atoms with Crippen molar-refractivity contribution in [3.05, 3.63) is 17.7 Å². The van der Waals surface area contributed by atoms with Gasteiger partial charge in [0.1, 0.15) is 0 Å². The van der Waals surface area contributed by atoms with Crippen molar-refractivity contribution in [3.8, 4) is 0 Å². The van der Waals surface area contributed by atoms with Crippen LogP contribution in [0.5, 0.6) is 0 Å². The number of H-pyrrole nitrogens is 1. The highest BCUT2D eigenvalue weighted by Crippen LogP contribution is 2.01. The van der Waals surface area contributed by atoms with Gasteiger partial charge in [0.25, 0.3) is 0 Å². The minimum Gasteiger partial charge on any atom is -0.348 e. The lowest BCUT2D eigenvalue weighted by Gasteiger charge is -1.89. The van der Waals surface area contributed by atoms with E-state index >= 15 is 0 Å². The van der Waals surface area contributed by atoms with E-state index in [4.69, 9.17) is 11.6 Å². The number of aromatic nitrogens is 2. The van der Waals surface area contributed by atoms with Gasteiger partial charge in [-0.25, -0.2) is 4.98 Å². The Labute approximate surface area is 71.4 Å². The molecule has 0 atom stereocenters. The van der Waals surface area contributed by atoms with E-state index in [2.05, 4.69) is 9.97 Å². The number of aromatic amines is 1. The quantitative estimate of drug-likeness (QED) is 0.693. The third kappa shape index (κ3) is 2.20. The SMILES string of the molecule is Cc1[nH]cnc1CCCl.Cl. The van der Waals surface area contributed by atoms with Crippen molar-refractivity contribution in [2.45, 2.75) is 13.3 Å². The highest BCUT2D eigenvalue weighted by atomic mass is 35.5. The molecule has 0 saturated carbocycles. The van der Waals surface area contributed by atoms with E-state index < -0.39 is 0 Å². The molecule has 0 amide bonds. The highest BCUT2D eigenvalue weighted by Gasteiger charge is 1.96. The summed E-state index contributed by atoms with van der Waals surface area (Å²) in [4.78, 5) is 7.05. The molecule has 4 heteroatoms. The van der Waals surface area contributed by atoms with E-state index in [1.165, 1.54) is 0 Å². The van der Waals surface area contributed by atoms with Gasteiger partial charge in [-0.1, -0.05) is 0 Å². The van der Waals surface area contributed by atoms with Crippen LogP contribution < -0.4 is 0 Å². The summed E-state index contributed by atoms with van der Waals surface area (Å²) in [6, 6.07) is 0. The van der Waals surface area contributed by atoms with Crippen LogP contribution in [0.4, 0.5) is 0 Å². The van der Waals surface area contributed by atoms with Crippen molar-refractivity contribution in [3.63, 3.8) is 0 Å². The van der Waals surface area contributed by atoms with E-state index in [9.17, 15) is 0 Å². The highest BCUT2D eigenvalue weighted by molar-refractivity contribution is 6.17. The lowest BCUT2D eigenvalue weighted by atomic mass is 10.3. The number of hydrogen-bond acceptors (Lipinski definition) is 1. The molecule has 0 aliphatic heterocycles. The molecule has 0 radical (unpaired) electrons. The standard InChI is InChI=1S/C6H9ClN2.ClH/c1-5-6(2-3-7)9-4-8-5;/h4H,2-3H2,1H3,(H,8,9);1H. The van der Waals surface area contributed by atoms with Crippen LogP contribution in [0.2, 0.25) is 0 Å². The molecule has 0 aliphatic carbocycles. The lowest BCUT2D eigenvalue weighted by Crippen LogP contribution is -1.88. The van der Waals surface area contributed by atoms with Crippen LogP contribution in [0.3, 0.4) is 0 Å². The average Bonchev–Trinajstić information content (AvgIpc) is 2.18. The van der Waals surface area contributed by atoms with Gasteiger partial charge in [0.15, 0.2) is 0 Å². The Hall–Kier alpha value is -0.210. The average molecular weight is 181 g/mol. The number of halogens is 2. The second kappa shape index (κ2) is 4.58. The Kier molecular flexibility index (Phi) is 4.49. The van der Waals surface area contributed by atoms with Crippen LogP contribution >= 0.6 is 24.0 Å². The van der Waals surface area contributed by atoms with Crippen molar-refractivity contribution >= 4 is 24.0 Å². The maximum absolute atomic E-state index is 5.51. The van der Waals surface area contributed by atoms with Crippen LogP contribution in [0.25, 0.3) is 0 Å². The molecule has 2 nitrogen and oxygen atoms in total. The first kappa shape index (κ1) is 9.79. The molecule has 10 heavy (non-hydrogen) atoms. The van der Waals surface area contributed by atoms with E-state index in [-0.39, 0.29) is 12.4 Å². The Bertz CT molecular complexity index is 186. The first-order valence-electron chi connectivity index (χ1n) is 2.89. The van der Waals surface area contributed by atoms with Crippen LogP contribution in [0.15, 0.2) is 6.33 Å². The molecule has 0 aliphatic rings. The number of hydrogen-bond donors (Lipinski definition) is 1. The minimum absolute atomic E-state index is 0. The topological polar surface area (TPSA) is 28.7 Å². The lowest BCUT2D eigenvalue weighted by molar-refractivity contribution is 1.05. The van der Waals surface area contributed by atoms with E-state index in [1.54, 1.807) is 6.33 Å². The Balaban J connectivity index is 0.000000810. The first-order chi connectivity index (χ1) is 4.34. The molecule has 0 fully saturated rings. The summed E-state index contributed by atoms with van der Waals surface area (Å²) in [6.07, 6.45) is 2.55. The third-order valence-electron chi connectivity index (χ3n) is 1.27. The Morgan fingerprint density at radius 2 is 2.40 bits per heavy atom. The van der Waals surface area contributed by atoms with Crippen LogP contribution in [-0.4, -0.2) is 15.8 Å². The van der Waals surface area contributed by atoms with Crippen LogP contribution in [0, 0.1) is 6.92 Å². The fraction of sp³-hybridized carbons (Fsp3) is 0.500. The molecule has 0 unspecified atom stereocenters. The Morgan fingerprint density at radius 3 is 2.80 bits per heavy atom. The molecule has 0 aromatic carbocycles. The van der Waals surface area contributed by atoms with Crippen molar-refractivity contribution in [2.24, 2.45) is 0 Å². The second-order valence-electron chi connectivity index (χ2n) is 1.91. The smallest absolute Gasteiger partial charge is 0.0925 e. The van der Waals surface area contributed by atoms with Gasteiger partial charge in [0, 0.05) is 18.0 Å². The monoisotopic (exact) mass is 180 g/mol. The van der Waals surface area contributed by atoms with E-state index in [1.807, 2.05) is 6.92 Å². The summed E-state index contributed by atoms with van der Waals surface area (Å²) >= 11 is 5.51. The van der Waals surface area contributed by atoms with Gasteiger partial charge in [-0.15, -0.1) is 24.0 Å². The number of nitrogens with one attached hydrogen (secondary N) is 1. The van der Waals surface area contributed by atoms with Gasteiger partial charge in [-0.05, 0) is 6.92 Å². The fourth-order valence-corrected chi connectivity index (χ4v) is 0.908. The summed E-state index contributed by atoms with van der Waals surface area (Å²) in [7, 11) is 0. The summed E-state index contributed by atoms with van der Waals surface area (Å²) in [5, 5.41) is 0. The van der Waals surface area contributed by atoms with Crippen molar-refractivity contribution in [1.82, 2.24) is 9.97 Å². The molecule has 1 heterocycles. The van der Waals surface area contributed by atoms with Gasteiger partial charge < -0.3 is 4.98 Å². The summed E-state index contributed by atoms with van der Waals surface area (Å²) in [5.41, 5.74) is 2.20. The predicted octanol–water partition coefficient (Wildman–Crippen LogP) is 1.92. The molecule has 0 spiro atoms. The van der Waals surface area contributed by atoms with Gasteiger partial charge in [0.05, 0.1) is 12.0 Å². The summed E-state index contributed by atoms with van der Waals surface area (Å²) in [5.74, 6) is 0.645. The number of imidazole rings is 1. The fourth-order valence-electron chi connectivity index (χ4n) is 0.729. The maximum atomic E-state index is 5.51. The van der Waals surface area contributed by atoms with Crippen molar-refractivity contribution in [1.29, 1.82) is 0 Å². The molecular formula is C6H10Cl2N2. The zero-order valence-electron chi connectivity index (χ0n) is 5.72. The van der Waals surface area contributed by atoms with E-state index in [0.717, 1.165) is 17.8 Å². The summed E-state index contributed by atoms with van der Waals surface area (Å²) < 4.78 is 0. The van der Waals surface area contributed by atoms with Gasteiger partial charge in [-0.3, -0.25) is 0 Å². The molecule has 1 rings (SSSR count). The Morgan fingerprint density at radius 1 is 1.70 bits per heavy atom. The first-order valence-corrected chi connectivity index (χ1v) is 3.43. The largest absolute Gasteiger partial charge is 0.348 e. The molecular weight excluding hydrogens is 171 g/mol. The molecule has 1 aromatic rings. The minimum atomic E-state index is 0. The normalized spacial score (nSPS) is 9.00. The molecule has 0 saturated heterocycles. The van der Waals surface area contributed by atoms with Gasteiger partial charge in [-0.2, -0.15) is 0 Å². The van der Waals surface area contributed by atoms with Crippen molar-refractivity contribution in [2.75, 3.05) is 5.88 Å². The second-order valence-corrected chi connectivity index (χ2v) is 2.29. The van der Waals surface area contributed by atoms with Gasteiger partial charge in [0.2, 0.25) is 0 Å².